The number of benzene rings is 1. The third-order valence-corrected chi connectivity index (χ3v) is 3.39. The molecule has 0 saturated heterocycles. The van der Waals surface area contributed by atoms with Crippen LogP contribution in [0.4, 0.5) is 0 Å². The summed E-state index contributed by atoms with van der Waals surface area (Å²) in [5, 5.41) is 4.22. The van der Waals surface area contributed by atoms with Gasteiger partial charge in [0.25, 0.3) is 0 Å². The van der Waals surface area contributed by atoms with Crippen molar-refractivity contribution in [3.8, 4) is 5.69 Å². The van der Waals surface area contributed by atoms with Crippen LogP contribution < -0.4 is 5.73 Å². The van der Waals surface area contributed by atoms with E-state index in [9.17, 15) is 0 Å². The van der Waals surface area contributed by atoms with Gasteiger partial charge in [-0.15, -0.1) is 0 Å². The molecule has 0 aliphatic carbocycles. The fourth-order valence-electron chi connectivity index (χ4n) is 1.47. The molecule has 5 heteroatoms. The van der Waals surface area contributed by atoms with Crippen LogP contribution in [0.1, 0.15) is 18.5 Å². The molecule has 1 aromatic heterocycles. The molecule has 2 aromatic rings. The molecule has 0 aliphatic rings. The first-order chi connectivity index (χ1) is 7.58. The molecule has 0 saturated carbocycles. The molecule has 1 aromatic carbocycles. The number of aromatic nitrogens is 2. The number of halogens is 2. The van der Waals surface area contributed by atoms with Crippen LogP contribution >= 0.6 is 31.9 Å². The Labute approximate surface area is 111 Å². The molecule has 1 heterocycles. The Morgan fingerprint density at radius 1 is 1.38 bits per heavy atom. The highest BCUT2D eigenvalue weighted by molar-refractivity contribution is 9.10. The van der Waals surface area contributed by atoms with Gasteiger partial charge >= 0.3 is 0 Å². The Balaban J connectivity index is 2.42. The SMILES string of the molecule is C[C@@H](N)c1ccc(-n2cc(Br)cn2)cc1Br. The van der Waals surface area contributed by atoms with Gasteiger partial charge in [-0.1, -0.05) is 22.0 Å². The number of nitrogens with zero attached hydrogens (tertiary/aromatic N) is 2. The first-order valence-electron chi connectivity index (χ1n) is 4.83. The van der Waals surface area contributed by atoms with Gasteiger partial charge in [-0.2, -0.15) is 5.10 Å². The predicted molar refractivity (Wildman–Crippen MR) is 71.6 cm³/mol. The van der Waals surface area contributed by atoms with Crippen LogP contribution in [0, 0.1) is 0 Å². The fraction of sp³-hybridized carbons (Fsp3) is 0.182. The number of hydrogen-bond acceptors (Lipinski definition) is 2. The van der Waals surface area contributed by atoms with Gasteiger partial charge in [-0.25, -0.2) is 4.68 Å². The molecular weight excluding hydrogens is 334 g/mol. The molecule has 0 aliphatic heterocycles. The third kappa shape index (κ3) is 2.36. The predicted octanol–water partition coefficient (Wildman–Crippen LogP) is 3.42. The van der Waals surface area contributed by atoms with Gasteiger partial charge in [0.1, 0.15) is 0 Å². The summed E-state index contributed by atoms with van der Waals surface area (Å²) in [6.45, 7) is 1.96. The maximum absolute atomic E-state index is 5.85. The Bertz CT molecular complexity index is 506. The van der Waals surface area contributed by atoms with Gasteiger partial charge in [0, 0.05) is 16.7 Å². The van der Waals surface area contributed by atoms with Gasteiger partial charge in [-0.3, -0.25) is 0 Å². The molecule has 84 valence electrons. The summed E-state index contributed by atoms with van der Waals surface area (Å²) >= 11 is 6.89. The number of rotatable bonds is 2. The fourth-order valence-corrected chi connectivity index (χ4v) is 2.48. The topological polar surface area (TPSA) is 43.8 Å². The van der Waals surface area contributed by atoms with Crippen LogP contribution in [0.5, 0.6) is 0 Å². The Morgan fingerprint density at radius 3 is 2.62 bits per heavy atom. The van der Waals surface area contributed by atoms with Gasteiger partial charge < -0.3 is 5.73 Å². The van der Waals surface area contributed by atoms with Gasteiger partial charge in [0.2, 0.25) is 0 Å². The maximum atomic E-state index is 5.85. The normalized spacial score (nSPS) is 12.8. The van der Waals surface area contributed by atoms with E-state index in [1.807, 2.05) is 31.3 Å². The molecular formula is C11H11Br2N3. The van der Waals surface area contributed by atoms with Crippen molar-refractivity contribution in [2.45, 2.75) is 13.0 Å². The lowest BCUT2D eigenvalue weighted by atomic mass is 10.1. The Morgan fingerprint density at radius 2 is 2.12 bits per heavy atom. The van der Waals surface area contributed by atoms with Crippen molar-refractivity contribution in [2.75, 3.05) is 0 Å². The molecule has 2 N–H and O–H groups in total. The van der Waals surface area contributed by atoms with E-state index in [0.717, 1.165) is 20.2 Å². The summed E-state index contributed by atoms with van der Waals surface area (Å²) in [6, 6.07) is 6.05. The van der Waals surface area contributed by atoms with Crippen LogP contribution in [0.25, 0.3) is 5.69 Å². The van der Waals surface area contributed by atoms with E-state index in [1.165, 1.54) is 0 Å². The first-order valence-corrected chi connectivity index (χ1v) is 6.42. The highest BCUT2D eigenvalue weighted by Crippen LogP contribution is 2.25. The average Bonchev–Trinajstić information content (AvgIpc) is 2.64. The molecule has 0 fully saturated rings. The summed E-state index contributed by atoms with van der Waals surface area (Å²) in [5.74, 6) is 0. The standard InChI is InChI=1S/C11H11Br2N3/c1-7(14)10-3-2-9(4-11(10)13)16-6-8(12)5-15-16/h2-7H,14H2,1H3/t7-/m1/s1. The van der Waals surface area contributed by atoms with E-state index in [-0.39, 0.29) is 6.04 Å². The lowest BCUT2D eigenvalue weighted by molar-refractivity contribution is 0.809. The van der Waals surface area contributed by atoms with E-state index in [0.29, 0.717) is 0 Å². The van der Waals surface area contributed by atoms with Crippen LogP contribution in [-0.2, 0) is 0 Å². The van der Waals surface area contributed by atoms with Crippen LogP contribution in [-0.4, -0.2) is 9.78 Å². The minimum atomic E-state index is 0.0211. The summed E-state index contributed by atoms with van der Waals surface area (Å²) < 4.78 is 3.77. The summed E-state index contributed by atoms with van der Waals surface area (Å²) in [4.78, 5) is 0. The van der Waals surface area contributed by atoms with E-state index in [2.05, 4.69) is 37.0 Å². The number of nitrogens with two attached hydrogens (primary N) is 1. The second-order valence-electron chi connectivity index (χ2n) is 3.60. The van der Waals surface area contributed by atoms with Crippen molar-refractivity contribution in [3.63, 3.8) is 0 Å². The molecule has 3 nitrogen and oxygen atoms in total. The lowest BCUT2D eigenvalue weighted by Gasteiger charge is -2.10. The van der Waals surface area contributed by atoms with Crippen LogP contribution in [0.15, 0.2) is 39.5 Å². The third-order valence-electron chi connectivity index (χ3n) is 2.29. The van der Waals surface area contributed by atoms with Crippen molar-refractivity contribution in [2.24, 2.45) is 5.73 Å². The highest BCUT2D eigenvalue weighted by atomic mass is 79.9. The second-order valence-corrected chi connectivity index (χ2v) is 5.37. The molecule has 0 unspecified atom stereocenters. The highest BCUT2D eigenvalue weighted by Gasteiger charge is 2.07. The summed E-state index contributed by atoms with van der Waals surface area (Å²) in [6.07, 6.45) is 3.67. The van der Waals surface area contributed by atoms with Crippen LogP contribution in [0.3, 0.4) is 0 Å². The molecule has 0 bridgehead atoms. The van der Waals surface area contributed by atoms with Crippen molar-refractivity contribution < 1.29 is 0 Å². The van der Waals surface area contributed by atoms with Crippen molar-refractivity contribution >= 4 is 31.9 Å². The lowest BCUT2D eigenvalue weighted by Crippen LogP contribution is -2.06. The Hall–Kier alpha value is -0.650. The average molecular weight is 345 g/mol. The molecule has 0 amide bonds. The summed E-state index contributed by atoms with van der Waals surface area (Å²) in [7, 11) is 0. The zero-order valence-electron chi connectivity index (χ0n) is 8.69. The first kappa shape index (κ1) is 11.8. The van der Waals surface area contributed by atoms with Crippen molar-refractivity contribution in [1.82, 2.24) is 9.78 Å². The molecule has 2 rings (SSSR count). The van der Waals surface area contributed by atoms with E-state index in [4.69, 9.17) is 5.73 Å². The second kappa shape index (κ2) is 4.69. The molecule has 0 radical (unpaired) electrons. The number of hydrogen-bond donors (Lipinski definition) is 1. The van der Waals surface area contributed by atoms with E-state index in [1.54, 1.807) is 10.9 Å². The van der Waals surface area contributed by atoms with Crippen LogP contribution in [0.2, 0.25) is 0 Å². The molecule has 0 spiro atoms. The quantitative estimate of drug-likeness (QED) is 0.907. The zero-order valence-corrected chi connectivity index (χ0v) is 11.9. The Kier molecular flexibility index (Phi) is 3.47. The van der Waals surface area contributed by atoms with E-state index < -0.39 is 0 Å². The van der Waals surface area contributed by atoms with Gasteiger partial charge in [0.15, 0.2) is 0 Å². The van der Waals surface area contributed by atoms with Gasteiger partial charge in [0.05, 0.1) is 16.4 Å². The van der Waals surface area contributed by atoms with Crippen molar-refractivity contribution in [3.05, 3.63) is 45.1 Å². The largest absolute Gasteiger partial charge is 0.324 e. The maximum Gasteiger partial charge on any atom is 0.0657 e. The molecule has 1 atom stereocenters. The molecule has 16 heavy (non-hydrogen) atoms. The zero-order chi connectivity index (χ0) is 11.7. The van der Waals surface area contributed by atoms with Crippen molar-refractivity contribution in [1.29, 1.82) is 0 Å². The summed E-state index contributed by atoms with van der Waals surface area (Å²) in [5.41, 5.74) is 7.94. The van der Waals surface area contributed by atoms with E-state index >= 15 is 0 Å². The smallest absolute Gasteiger partial charge is 0.0657 e. The van der Waals surface area contributed by atoms with Gasteiger partial charge in [-0.05, 0) is 40.5 Å². The minimum absolute atomic E-state index is 0.0211. The minimum Gasteiger partial charge on any atom is -0.324 e. The monoisotopic (exact) mass is 343 g/mol.